The van der Waals surface area contributed by atoms with Crippen molar-refractivity contribution in [2.75, 3.05) is 6.61 Å². The zero-order valence-corrected chi connectivity index (χ0v) is 8.50. The van der Waals surface area contributed by atoms with Crippen molar-refractivity contribution < 1.29 is 4.74 Å². The lowest BCUT2D eigenvalue weighted by molar-refractivity contribution is 0.132. The van der Waals surface area contributed by atoms with Crippen LogP contribution in [-0.4, -0.2) is 16.6 Å². The van der Waals surface area contributed by atoms with Gasteiger partial charge in [-0.2, -0.15) is 0 Å². The normalized spacial score (nSPS) is 11.0. The molecule has 0 aromatic carbocycles. The molecule has 14 heavy (non-hydrogen) atoms. The number of H-pyrrole nitrogens is 1. The molecule has 0 aliphatic heterocycles. The molecule has 0 atom stereocenters. The van der Waals surface area contributed by atoms with E-state index in [4.69, 9.17) is 4.74 Å². The Kier molecular flexibility index (Phi) is 2.50. The standard InChI is InChI=1S/C11H14N2O/c1-3-14-7-9-6-11-10(13-9)5-4-8(2)12-11/h4-6,13H,3,7H2,1-2H3. The number of aromatic nitrogens is 2. The van der Waals surface area contributed by atoms with E-state index in [1.165, 1.54) is 0 Å². The molecule has 2 rings (SSSR count). The van der Waals surface area contributed by atoms with Crippen LogP contribution in [0.3, 0.4) is 0 Å². The molecule has 0 spiro atoms. The number of rotatable bonds is 3. The first kappa shape index (κ1) is 9.21. The molecular formula is C11H14N2O. The number of pyridine rings is 1. The number of nitrogens with one attached hydrogen (secondary N) is 1. The molecule has 0 aliphatic carbocycles. The van der Waals surface area contributed by atoms with Crippen molar-refractivity contribution in [3.05, 3.63) is 29.6 Å². The van der Waals surface area contributed by atoms with E-state index in [2.05, 4.69) is 9.97 Å². The maximum atomic E-state index is 5.32. The fraction of sp³-hybridized carbons (Fsp3) is 0.364. The number of ether oxygens (including phenoxy) is 1. The summed E-state index contributed by atoms with van der Waals surface area (Å²) in [6.45, 7) is 5.35. The van der Waals surface area contributed by atoms with Crippen molar-refractivity contribution in [2.24, 2.45) is 0 Å². The quantitative estimate of drug-likeness (QED) is 0.807. The van der Waals surface area contributed by atoms with Crippen molar-refractivity contribution in [3.8, 4) is 0 Å². The van der Waals surface area contributed by atoms with Crippen LogP contribution in [0, 0.1) is 6.92 Å². The molecule has 3 nitrogen and oxygen atoms in total. The Hall–Kier alpha value is -1.35. The molecule has 0 amide bonds. The second-order valence-electron chi connectivity index (χ2n) is 3.32. The van der Waals surface area contributed by atoms with Crippen LogP contribution in [0.25, 0.3) is 11.0 Å². The van der Waals surface area contributed by atoms with Gasteiger partial charge in [0.25, 0.3) is 0 Å². The monoisotopic (exact) mass is 190 g/mol. The SMILES string of the molecule is CCOCc1cc2nc(C)ccc2[nH]1. The highest BCUT2D eigenvalue weighted by Crippen LogP contribution is 2.14. The summed E-state index contributed by atoms with van der Waals surface area (Å²) in [6.07, 6.45) is 0. The van der Waals surface area contributed by atoms with E-state index in [0.29, 0.717) is 6.61 Å². The Labute approximate surface area is 83.1 Å². The lowest BCUT2D eigenvalue weighted by atomic mass is 10.3. The van der Waals surface area contributed by atoms with E-state index in [9.17, 15) is 0 Å². The number of nitrogens with zero attached hydrogens (tertiary/aromatic N) is 1. The lowest BCUT2D eigenvalue weighted by Gasteiger charge is -1.95. The number of hydrogen-bond acceptors (Lipinski definition) is 2. The maximum absolute atomic E-state index is 5.32. The molecule has 0 unspecified atom stereocenters. The second-order valence-corrected chi connectivity index (χ2v) is 3.32. The van der Waals surface area contributed by atoms with E-state index < -0.39 is 0 Å². The molecule has 0 bridgehead atoms. The van der Waals surface area contributed by atoms with Crippen LogP contribution in [0.1, 0.15) is 18.3 Å². The molecule has 2 aromatic rings. The minimum absolute atomic E-state index is 0.631. The third kappa shape index (κ3) is 1.77. The maximum Gasteiger partial charge on any atom is 0.0885 e. The largest absolute Gasteiger partial charge is 0.376 e. The summed E-state index contributed by atoms with van der Waals surface area (Å²) in [7, 11) is 0. The minimum atomic E-state index is 0.631. The van der Waals surface area contributed by atoms with Crippen molar-refractivity contribution in [1.29, 1.82) is 0 Å². The fourth-order valence-corrected chi connectivity index (χ4v) is 1.46. The Morgan fingerprint density at radius 3 is 3.07 bits per heavy atom. The van der Waals surface area contributed by atoms with Gasteiger partial charge in [-0.25, -0.2) is 0 Å². The zero-order valence-electron chi connectivity index (χ0n) is 8.50. The average Bonchev–Trinajstić information content (AvgIpc) is 2.56. The van der Waals surface area contributed by atoms with Gasteiger partial charge in [0.15, 0.2) is 0 Å². The summed E-state index contributed by atoms with van der Waals surface area (Å²) in [5, 5.41) is 0. The highest BCUT2D eigenvalue weighted by molar-refractivity contribution is 5.76. The number of aryl methyl sites for hydroxylation is 1. The summed E-state index contributed by atoms with van der Waals surface area (Å²) < 4.78 is 5.32. The van der Waals surface area contributed by atoms with Gasteiger partial charge in [-0.15, -0.1) is 0 Å². The van der Waals surface area contributed by atoms with E-state index in [1.807, 2.05) is 32.0 Å². The van der Waals surface area contributed by atoms with Gasteiger partial charge in [0.2, 0.25) is 0 Å². The summed E-state index contributed by atoms with van der Waals surface area (Å²) in [6, 6.07) is 6.09. The van der Waals surface area contributed by atoms with Crippen LogP contribution in [0.5, 0.6) is 0 Å². The highest BCUT2D eigenvalue weighted by Gasteiger charge is 2.01. The molecule has 0 aliphatic rings. The Bertz CT molecular complexity index is 434. The summed E-state index contributed by atoms with van der Waals surface area (Å²) in [5.74, 6) is 0. The van der Waals surface area contributed by atoms with Crippen LogP contribution in [-0.2, 0) is 11.3 Å². The minimum Gasteiger partial charge on any atom is -0.376 e. The van der Waals surface area contributed by atoms with Gasteiger partial charge in [0, 0.05) is 18.0 Å². The van der Waals surface area contributed by atoms with Gasteiger partial charge in [-0.05, 0) is 32.0 Å². The first-order chi connectivity index (χ1) is 6.79. The number of aromatic amines is 1. The third-order valence-corrected chi connectivity index (χ3v) is 2.13. The van der Waals surface area contributed by atoms with Gasteiger partial charge < -0.3 is 9.72 Å². The predicted molar refractivity (Wildman–Crippen MR) is 56.2 cm³/mol. The van der Waals surface area contributed by atoms with Crippen LogP contribution < -0.4 is 0 Å². The molecule has 0 fully saturated rings. The topological polar surface area (TPSA) is 37.9 Å². The van der Waals surface area contributed by atoms with Crippen molar-refractivity contribution in [3.63, 3.8) is 0 Å². The highest BCUT2D eigenvalue weighted by atomic mass is 16.5. The first-order valence-corrected chi connectivity index (χ1v) is 4.82. The lowest BCUT2D eigenvalue weighted by Crippen LogP contribution is -1.90. The third-order valence-electron chi connectivity index (χ3n) is 2.13. The summed E-state index contributed by atoms with van der Waals surface area (Å²) in [5.41, 5.74) is 4.21. The molecule has 74 valence electrons. The molecule has 3 heteroatoms. The first-order valence-electron chi connectivity index (χ1n) is 4.82. The molecule has 2 aromatic heterocycles. The van der Waals surface area contributed by atoms with Gasteiger partial charge in [0.05, 0.1) is 17.6 Å². The predicted octanol–water partition coefficient (Wildman–Crippen LogP) is 2.41. The van der Waals surface area contributed by atoms with Gasteiger partial charge in [-0.1, -0.05) is 0 Å². The van der Waals surface area contributed by atoms with Gasteiger partial charge >= 0.3 is 0 Å². The molecular weight excluding hydrogens is 176 g/mol. The molecule has 1 N–H and O–H groups in total. The second kappa shape index (κ2) is 3.80. The van der Waals surface area contributed by atoms with E-state index in [0.717, 1.165) is 29.0 Å². The van der Waals surface area contributed by atoms with Crippen LogP contribution >= 0.6 is 0 Å². The smallest absolute Gasteiger partial charge is 0.0885 e. The Balaban J connectivity index is 2.32. The summed E-state index contributed by atoms with van der Waals surface area (Å²) >= 11 is 0. The van der Waals surface area contributed by atoms with E-state index in [-0.39, 0.29) is 0 Å². The van der Waals surface area contributed by atoms with Crippen molar-refractivity contribution in [1.82, 2.24) is 9.97 Å². The van der Waals surface area contributed by atoms with Crippen LogP contribution in [0.2, 0.25) is 0 Å². The van der Waals surface area contributed by atoms with Crippen molar-refractivity contribution in [2.45, 2.75) is 20.5 Å². The van der Waals surface area contributed by atoms with E-state index >= 15 is 0 Å². The average molecular weight is 190 g/mol. The summed E-state index contributed by atoms with van der Waals surface area (Å²) in [4.78, 5) is 7.69. The molecule has 0 saturated heterocycles. The van der Waals surface area contributed by atoms with Gasteiger partial charge in [-0.3, -0.25) is 4.98 Å². The van der Waals surface area contributed by atoms with Gasteiger partial charge in [0.1, 0.15) is 0 Å². The van der Waals surface area contributed by atoms with Crippen LogP contribution in [0.4, 0.5) is 0 Å². The fourth-order valence-electron chi connectivity index (χ4n) is 1.46. The molecule has 0 radical (unpaired) electrons. The number of fused-ring (bicyclic) bond motifs is 1. The van der Waals surface area contributed by atoms with E-state index in [1.54, 1.807) is 0 Å². The zero-order chi connectivity index (χ0) is 9.97. The Morgan fingerprint density at radius 1 is 1.43 bits per heavy atom. The molecule has 0 saturated carbocycles. The number of hydrogen-bond donors (Lipinski definition) is 1. The Morgan fingerprint density at radius 2 is 2.29 bits per heavy atom. The molecule has 2 heterocycles. The van der Waals surface area contributed by atoms with Crippen LogP contribution in [0.15, 0.2) is 18.2 Å². The van der Waals surface area contributed by atoms with Crippen molar-refractivity contribution >= 4 is 11.0 Å².